The van der Waals surface area contributed by atoms with E-state index in [0.717, 1.165) is 24.0 Å². The van der Waals surface area contributed by atoms with Gasteiger partial charge in [0, 0.05) is 12.3 Å². The van der Waals surface area contributed by atoms with Gasteiger partial charge in [-0.05, 0) is 19.3 Å². The molecule has 2 rings (SSSR count). The molecule has 2 unspecified atom stereocenters. The number of anilines is 2. The van der Waals surface area contributed by atoms with E-state index in [4.69, 9.17) is 10.5 Å². The number of ether oxygens (including phenoxy) is 1. The summed E-state index contributed by atoms with van der Waals surface area (Å²) < 4.78 is 28.7. The molecule has 0 amide bonds. The van der Waals surface area contributed by atoms with E-state index in [2.05, 4.69) is 12.2 Å². The molecule has 3 N–H and O–H groups in total. The van der Waals surface area contributed by atoms with Crippen molar-refractivity contribution in [1.82, 2.24) is 0 Å². The zero-order chi connectivity index (χ0) is 15.1. The predicted octanol–water partition coefficient (Wildman–Crippen LogP) is 1.73. The van der Waals surface area contributed by atoms with Crippen LogP contribution in [0.2, 0.25) is 0 Å². The number of rotatable bonds is 5. The number of thiophene rings is 1. The Kier molecular flexibility index (Phi) is 3.97. The average molecular weight is 318 g/mol. The highest BCUT2D eigenvalue weighted by atomic mass is 32.2. The molecular formula is C12H18N2O4S2. The summed E-state index contributed by atoms with van der Waals surface area (Å²) in [5, 5.41) is 3.58. The van der Waals surface area contributed by atoms with Crippen molar-refractivity contribution in [2.45, 2.75) is 31.2 Å². The van der Waals surface area contributed by atoms with E-state index in [1.54, 1.807) is 6.92 Å². The van der Waals surface area contributed by atoms with Crippen molar-refractivity contribution in [3.8, 4) is 0 Å². The topological polar surface area (TPSA) is 98.5 Å². The van der Waals surface area contributed by atoms with E-state index in [0.29, 0.717) is 10.9 Å². The fraction of sp³-hybridized carbons (Fsp3) is 0.583. The number of carbonyl (C=O) groups is 1. The highest BCUT2D eigenvalue weighted by molar-refractivity contribution is 7.91. The lowest BCUT2D eigenvalue weighted by atomic mass is 10.4. The molecule has 8 heteroatoms. The molecule has 0 bridgehead atoms. The van der Waals surface area contributed by atoms with Crippen molar-refractivity contribution in [2.24, 2.45) is 5.92 Å². The monoisotopic (exact) mass is 318 g/mol. The van der Waals surface area contributed by atoms with Gasteiger partial charge in [-0.1, -0.05) is 6.92 Å². The second-order valence-electron chi connectivity index (χ2n) is 4.96. The minimum atomic E-state index is -3.51. The number of esters is 1. The summed E-state index contributed by atoms with van der Waals surface area (Å²) in [5.74, 6) is -0.0893. The second-order valence-corrected chi connectivity index (χ2v) is 7.93. The molecule has 0 aliphatic heterocycles. The van der Waals surface area contributed by atoms with Crippen LogP contribution in [0, 0.1) is 5.92 Å². The van der Waals surface area contributed by atoms with E-state index in [9.17, 15) is 13.2 Å². The largest absolute Gasteiger partial charge is 0.462 e. The van der Waals surface area contributed by atoms with Gasteiger partial charge < -0.3 is 15.8 Å². The first-order valence-electron chi connectivity index (χ1n) is 6.31. The molecule has 20 heavy (non-hydrogen) atoms. The van der Waals surface area contributed by atoms with E-state index in [1.807, 2.05) is 0 Å². The number of hydrogen-bond acceptors (Lipinski definition) is 7. The van der Waals surface area contributed by atoms with Gasteiger partial charge in [-0.25, -0.2) is 13.2 Å². The van der Waals surface area contributed by atoms with Crippen LogP contribution in [0.3, 0.4) is 0 Å². The van der Waals surface area contributed by atoms with Crippen LogP contribution >= 0.6 is 11.3 Å². The Morgan fingerprint density at radius 1 is 1.55 bits per heavy atom. The van der Waals surface area contributed by atoms with Crippen molar-refractivity contribution in [2.75, 3.05) is 23.9 Å². The quantitative estimate of drug-likeness (QED) is 0.802. The Bertz CT molecular complexity index is 636. The molecule has 112 valence electrons. The maximum absolute atomic E-state index is 11.9. The highest BCUT2D eigenvalue weighted by Crippen LogP contribution is 2.43. The Morgan fingerprint density at radius 2 is 2.15 bits per heavy atom. The number of nitrogens with one attached hydrogen (secondary N) is 1. The summed E-state index contributed by atoms with van der Waals surface area (Å²) >= 11 is 1.04. The first-order valence-corrected chi connectivity index (χ1v) is 9.02. The maximum atomic E-state index is 11.9. The van der Waals surface area contributed by atoms with Crippen molar-refractivity contribution < 1.29 is 17.9 Å². The van der Waals surface area contributed by atoms with Crippen LogP contribution in [0.5, 0.6) is 0 Å². The van der Waals surface area contributed by atoms with Gasteiger partial charge in [0.2, 0.25) is 0 Å². The molecule has 1 aliphatic rings. The summed E-state index contributed by atoms with van der Waals surface area (Å²) in [5.41, 5.74) is 5.82. The zero-order valence-corrected chi connectivity index (χ0v) is 13.2. The lowest BCUT2D eigenvalue weighted by molar-refractivity contribution is 0.0533. The van der Waals surface area contributed by atoms with Crippen LogP contribution in [-0.4, -0.2) is 33.3 Å². The normalized spacial score (nSPS) is 21.6. The molecule has 1 aromatic heterocycles. The standard InChI is InChI=1S/C12H18N2O4S2/c1-4-18-12(15)9-8(13)10(20(3,16)17)11(19-9)14-7-5-6(7)2/h6-7,14H,4-5,13H2,1-3H3. The van der Waals surface area contributed by atoms with Gasteiger partial charge in [0.25, 0.3) is 0 Å². The Morgan fingerprint density at radius 3 is 2.60 bits per heavy atom. The van der Waals surface area contributed by atoms with Crippen LogP contribution in [0.15, 0.2) is 4.90 Å². The summed E-state index contributed by atoms with van der Waals surface area (Å²) in [7, 11) is -3.51. The summed E-state index contributed by atoms with van der Waals surface area (Å²) in [4.78, 5) is 12.0. The summed E-state index contributed by atoms with van der Waals surface area (Å²) in [6.45, 7) is 3.97. The average Bonchev–Trinajstić information content (AvgIpc) is 2.87. The Labute approximate surface area is 122 Å². The Balaban J connectivity index is 2.43. The van der Waals surface area contributed by atoms with E-state index in [-0.39, 0.29) is 28.1 Å². The van der Waals surface area contributed by atoms with Crippen LogP contribution in [0.4, 0.5) is 10.7 Å². The fourth-order valence-corrected chi connectivity index (χ4v) is 4.44. The minimum absolute atomic E-state index is 0.00431. The SMILES string of the molecule is CCOC(=O)c1sc(NC2CC2C)c(S(C)(=O)=O)c1N. The molecule has 1 heterocycles. The highest BCUT2D eigenvalue weighted by Gasteiger charge is 2.36. The summed E-state index contributed by atoms with van der Waals surface area (Å²) in [6.07, 6.45) is 2.07. The number of sulfone groups is 1. The van der Waals surface area contributed by atoms with Crippen LogP contribution in [-0.2, 0) is 14.6 Å². The van der Waals surface area contributed by atoms with Gasteiger partial charge in [-0.3, -0.25) is 0 Å². The van der Waals surface area contributed by atoms with E-state index < -0.39 is 15.8 Å². The predicted molar refractivity (Wildman–Crippen MR) is 79.0 cm³/mol. The lowest BCUT2D eigenvalue weighted by Gasteiger charge is -2.05. The third kappa shape index (κ3) is 2.90. The number of hydrogen-bond donors (Lipinski definition) is 2. The second kappa shape index (κ2) is 5.25. The van der Waals surface area contributed by atoms with Gasteiger partial charge in [0.05, 0.1) is 12.3 Å². The maximum Gasteiger partial charge on any atom is 0.350 e. The van der Waals surface area contributed by atoms with E-state index in [1.165, 1.54) is 0 Å². The van der Waals surface area contributed by atoms with E-state index >= 15 is 0 Å². The zero-order valence-electron chi connectivity index (χ0n) is 11.6. The lowest BCUT2D eigenvalue weighted by Crippen LogP contribution is -2.09. The molecule has 0 spiro atoms. The third-order valence-electron chi connectivity index (χ3n) is 3.16. The minimum Gasteiger partial charge on any atom is -0.462 e. The molecule has 1 aromatic rings. The molecule has 1 saturated carbocycles. The van der Waals surface area contributed by atoms with Gasteiger partial charge in [0.1, 0.15) is 14.8 Å². The molecule has 0 saturated heterocycles. The fourth-order valence-electron chi connectivity index (χ4n) is 1.93. The molecule has 1 fully saturated rings. The number of nitrogens with two attached hydrogens (primary N) is 1. The van der Waals surface area contributed by atoms with Crippen molar-refractivity contribution in [3.63, 3.8) is 0 Å². The summed E-state index contributed by atoms with van der Waals surface area (Å²) in [6, 6.07) is 0.239. The van der Waals surface area contributed by atoms with Crippen LogP contribution in [0.25, 0.3) is 0 Å². The molecular weight excluding hydrogens is 300 g/mol. The van der Waals surface area contributed by atoms with Crippen molar-refractivity contribution in [3.05, 3.63) is 4.88 Å². The van der Waals surface area contributed by atoms with Crippen molar-refractivity contribution in [1.29, 1.82) is 0 Å². The van der Waals surface area contributed by atoms with Gasteiger partial charge in [-0.15, -0.1) is 11.3 Å². The molecule has 1 aliphatic carbocycles. The van der Waals surface area contributed by atoms with Crippen LogP contribution < -0.4 is 11.1 Å². The molecule has 0 radical (unpaired) electrons. The third-order valence-corrected chi connectivity index (χ3v) is 5.57. The Hall–Kier alpha value is -1.28. The van der Waals surface area contributed by atoms with Gasteiger partial charge in [0.15, 0.2) is 9.84 Å². The first-order chi connectivity index (χ1) is 9.25. The molecule has 2 atom stereocenters. The van der Waals surface area contributed by atoms with Crippen molar-refractivity contribution >= 4 is 37.8 Å². The van der Waals surface area contributed by atoms with Gasteiger partial charge >= 0.3 is 5.97 Å². The number of carbonyl (C=O) groups excluding carboxylic acids is 1. The smallest absolute Gasteiger partial charge is 0.350 e. The molecule has 6 nitrogen and oxygen atoms in total. The first kappa shape index (κ1) is 15.1. The van der Waals surface area contributed by atoms with Crippen LogP contribution in [0.1, 0.15) is 29.9 Å². The van der Waals surface area contributed by atoms with Gasteiger partial charge in [-0.2, -0.15) is 0 Å². The number of nitrogen functional groups attached to an aromatic ring is 1. The molecule has 0 aromatic carbocycles.